The largest absolute Gasteiger partial charge is 0.462 e. The second kappa shape index (κ2) is 9.34. The highest BCUT2D eigenvalue weighted by Gasteiger charge is 2.32. The van der Waals surface area contributed by atoms with Crippen LogP contribution in [0.15, 0.2) is 45.9 Å². The van der Waals surface area contributed by atoms with Crippen molar-refractivity contribution in [3.8, 4) is 11.3 Å². The van der Waals surface area contributed by atoms with Crippen molar-refractivity contribution in [1.29, 1.82) is 0 Å². The molecule has 0 unspecified atom stereocenters. The molecule has 6 nitrogen and oxygen atoms in total. The lowest BCUT2D eigenvalue weighted by atomic mass is 10.1. The van der Waals surface area contributed by atoms with Crippen LogP contribution in [0.25, 0.3) is 11.3 Å². The number of nitrogens with zero attached hydrogens (tertiary/aromatic N) is 1. The third-order valence-electron chi connectivity index (χ3n) is 4.05. The van der Waals surface area contributed by atoms with Gasteiger partial charge in [0.15, 0.2) is 0 Å². The van der Waals surface area contributed by atoms with E-state index in [2.05, 4.69) is 17.5 Å². The van der Waals surface area contributed by atoms with Crippen LogP contribution >= 0.6 is 23.5 Å². The molecule has 0 spiro atoms. The van der Waals surface area contributed by atoms with Gasteiger partial charge in [0.1, 0.15) is 11.5 Å². The van der Waals surface area contributed by atoms with Crippen LogP contribution in [0.1, 0.15) is 36.4 Å². The summed E-state index contributed by atoms with van der Waals surface area (Å²) in [4.78, 5) is 23.9. The van der Waals surface area contributed by atoms with Gasteiger partial charge in [-0.2, -0.15) is 5.10 Å². The van der Waals surface area contributed by atoms with Crippen LogP contribution in [0.3, 0.4) is 0 Å². The maximum atomic E-state index is 12.0. The smallest absolute Gasteiger partial charge is 0.338 e. The zero-order chi connectivity index (χ0) is 20.0. The molecule has 1 aromatic heterocycles. The molecule has 1 amide bonds. The van der Waals surface area contributed by atoms with Crippen LogP contribution in [0.2, 0.25) is 0 Å². The molecule has 1 aliphatic rings. The molecule has 1 saturated heterocycles. The van der Waals surface area contributed by atoms with E-state index in [-0.39, 0.29) is 16.0 Å². The normalized spacial score (nSPS) is 15.6. The van der Waals surface area contributed by atoms with Crippen molar-refractivity contribution in [1.82, 2.24) is 5.43 Å². The lowest BCUT2D eigenvalue weighted by molar-refractivity contribution is -0.121. The van der Waals surface area contributed by atoms with Gasteiger partial charge in [0.2, 0.25) is 5.91 Å². The summed E-state index contributed by atoms with van der Waals surface area (Å²) in [5.74, 6) is 2.77. The van der Waals surface area contributed by atoms with E-state index in [9.17, 15) is 9.59 Å². The zero-order valence-corrected chi connectivity index (χ0v) is 17.4. The summed E-state index contributed by atoms with van der Waals surface area (Å²) < 4.78 is 10.7. The Bertz CT molecular complexity index is 873. The number of benzene rings is 1. The lowest BCUT2D eigenvalue weighted by Crippen LogP contribution is -2.26. The standard InChI is InChI=1S/C20H22N2O4S2/c1-3-25-19(24)15-6-4-5-14(11-15)17-8-7-16(26-17)13-21-22-18(23)12-20(2)27-9-10-28-20/h4-8,11,13H,3,9-10,12H2,1-2H3,(H,22,23)/b21-13-. The van der Waals surface area contributed by atoms with E-state index in [1.807, 2.05) is 29.6 Å². The van der Waals surface area contributed by atoms with E-state index in [1.165, 1.54) is 6.21 Å². The Morgan fingerprint density at radius 1 is 1.29 bits per heavy atom. The third kappa shape index (κ3) is 5.42. The Hall–Kier alpha value is -2.19. The summed E-state index contributed by atoms with van der Waals surface area (Å²) in [5.41, 5.74) is 3.78. The molecule has 2 heterocycles. The summed E-state index contributed by atoms with van der Waals surface area (Å²) in [7, 11) is 0. The van der Waals surface area contributed by atoms with Crippen LogP contribution in [-0.4, -0.2) is 40.3 Å². The van der Waals surface area contributed by atoms with E-state index < -0.39 is 0 Å². The van der Waals surface area contributed by atoms with E-state index in [0.717, 1.165) is 17.1 Å². The first kappa shape index (κ1) is 20.5. The number of amides is 1. The van der Waals surface area contributed by atoms with Gasteiger partial charge in [-0.1, -0.05) is 12.1 Å². The second-order valence-corrected chi connectivity index (χ2v) is 9.76. The number of furan rings is 1. The van der Waals surface area contributed by atoms with Gasteiger partial charge in [-0.05, 0) is 38.1 Å². The highest BCUT2D eigenvalue weighted by atomic mass is 32.2. The fourth-order valence-electron chi connectivity index (χ4n) is 2.75. The van der Waals surface area contributed by atoms with E-state index >= 15 is 0 Å². The number of hydrogen-bond acceptors (Lipinski definition) is 7. The van der Waals surface area contributed by atoms with Gasteiger partial charge in [0, 0.05) is 17.1 Å². The molecule has 8 heteroatoms. The van der Waals surface area contributed by atoms with Crippen molar-refractivity contribution in [3.63, 3.8) is 0 Å². The van der Waals surface area contributed by atoms with Gasteiger partial charge in [-0.25, -0.2) is 10.2 Å². The number of esters is 1. The molecule has 28 heavy (non-hydrogen) atoms. The number of hydrogen-bond donors (Lipinski definition) is 1. The Morgan fingerprint density at radius 3 is 2.82 bits per heavy atom. The van der Waals surface area contributed by atoms with Crippen molar-refractivity contribution < 1.29 is 18.7 Å². The lowest BCUT2D eigenvalue weighted by Gasteiger charge is -2.19. The number of carbonyl (C=O) groups excluding carboxylic acids is 2. The van der Waals surface area contributed by atoms with Crippen LogP contribution in [-0.2, 0) is 9.53 Å². The highest BCUT2D eigenvalue weighted by molar-refractivity contribution is 8.21. The molecule has 0 bridgehead atoms. The van der Waals surface area contributed by atoms with Crippen LogP contribution in [0.4, 0.5) is 0 Å². The van der Waals surface area contributed by atoms with E-state index in [0.29, 0.717) is 30.1 Å². The number of nitrogens with one attached hydrogen (secondary N) is 1. The molecule has 1 fully saturated rings. The van der Waals surface area contributed by atoms with Gasteiger partial charge in [-0.3, -0.25) is 4.79 Å². The quantitative estimate of drug-likeness (QED) is 0.413. The van der Waals surface area contributed by atoms with Crippen molar-refractivity contribution >= 4 is 41.6 Å². The Balaban J connectivity index is 1.59. The molecule has 1 aliphatic heterocycles. The Morgan fingerprint density at radius 2 is 2.07 bits per heavy atom. The average molecular weight is 419 g/mol. The summed E-state index contributed by atoms with van der Waals surface area (Å²) >= 11 is 3.62. The molecule has 148 valence electrons. The number of ether oxygens (including phenoxy) is 1. The minimum absolute atomic E-state index is 0.0681. The average Bonchev–Trinajstić information content (AvgIpc) is 3.31. The number of carbonyl (C=O) groups is 2. The molecule has 2 aromatic rings. The molecule has 0 saturated carbocycles. The summed E-state index contributed by atoms with van der Waals surface area (Å²) in [6.45, 7) is 4.18. The maximum absolute atomic E-state index is 12.0. The van der Waals surface area contributed by atoms with Gasteiger partial charge in [0.25, 0.3) is 0 Å². The van der Waals surface area contributed by atoms with E-state index in [1.54, 1.807) is 37.3 Å². The monoisotopic (exact) mass is 418 g/mol. The number of hydrazone groups is 1. The fraction of sp³-hybridized carbons (Fsp3) is 0.350. The SMILES string of the molecule is CCOC(=O)c1cccc(-c2ccc(/C=N\NC(=O)CC3(C)SCCS3)o2)c1. The predicted octanol–water partition coefficient (Wildman–Crippen LogP) is 4.16. The molecular weight excluding hydrogens is 396 g/mol. The molecule has 1 aromatic carbocycles. The van der Waals surface area contributed by atoms with Gasteiger partial charge < -0.3 is 9.15 Å². The molecular formula is C20H22N2O4S2. The molecule has 0 atom stereocenters. The van der Waals surface area contributed by atoms with Crippen LogP contribution in [0, 0.1) is 0 Å². The van der Waals surface area contributed by atoms with Crippen LogP contribution < -0.4 is 5.43 Å². The van der Waals surface area contributed by atoms with Gasteiger partial charge in [-0.15, -0.1) is 23.5 Å². The summed E-state index contributed by atoms with van der Waals surface area (Å²) in [6.07, 6.45) is 1.89. The minimum Gasteiger partial charge on any atom is -0.462 e. The Kier molecular flexibility index (Phi) is 6.85. The fourth-order valence-corrected chi connectivity index (χ4v) is 5.58. The maximum Gasteiger partial charge on any atom is 0.338 e. The van der Waals surface area contributed by atoms with E-state index in [4.69, 9.17) is 9.15 Å². The zero-order valence-electron chi connectivity index (χ0n) is 15.8. The predicted molar refractivity (Wildman–Crippen MR) is 114 cm³/mol. The topological polar surface area (TPSA) is 80.9 Å². The minimum atomic E-state index is -0.368. The molecule has 0 radical (unpaired) electrons. The molecule has 0 aliphatic carbocycles. The van der Waals surface area contributed by atoms with Crippen molar-refractivity contribution in [2.45, 2.75) is 24.3 Å². The highest BCUT2D eigenvalue weighted by Crippen LogP contribution is 2.45. The Labute approximate surface area is 172 Å². The molecule has 1 N–H and O–H groups in total. The number of rotatable bonds is 7. The first-order chi connectivity index (χ1) is 13.5. The van der Waals surface area contributed by atoms with Gasteiger partial charge >= 0.3 is 5.97 Å². The number of thioether (sulfide) groups is 2. The molecule has 3 rings (SSSR count). The van der Waals surface area contributed by atoms with Gasteiger partial charge in [0.05, 0.1) is 28.9 Å². The summed E-state index contributed by atoms with van der Waals surface area (Å²) in [5, 5.41) is 3.98. The van der Waals surface area contributed by atoms with Crippen molar-refractivity contribution in [2.24, 2.45) is 5.10 Å². The summed E-state index contributed by atoms with van der Waals surface area (Å²) in [6, 6.07) is 10.6. The first-order valence-corrected chi connectivity index (χ1v) is 10.9. The van der Waals surface area contributed by atoms with Crippen molar-refractivity contribution in [3.05, 3.63) is 47.7 Å². The first-order valence-electron chi connectivity index (χ1n) is 8.96. The second-order valence-electron chi connectivity index (χ2n) is 6.30. The van der Waals surface area contributed by atoms with Crippen LogP contribution in [0.5, 0.6) is 0 Å². The van der Waals surface area contributed by atoms with Crippen molar-refractivity contribution in [2.75, 3.05) is 18.1 Å². The third-order valence-corrected chi connectivity index (χ3v) is 7.34.